The molecule has 2 aromatic carbocycles. The van der Waals surface area contributed by atoms with Crippen LogP contribution in [-0.4, -0.2) is 21.8 Å². The van der Waals surface area contributed by atoms with Gasteiger partial charge in [0.1, 0.15) is 5.15 Å². The summed E-state index contributed by atoms with van der Waals surface area (Å²) in [6.45, 7) is 0. The van der Waals surface area contributed by atoms with Crippen LogP contribution in [-0.2, 0) is 11.0 Å². The Bertz CT molecular complexity index is 1130. The zero-order valence-corrected chi connectivity index (χ0v) is 17.9. The first-order chi connectivity index (χ1) is 14.6. The minimum atomic E-state index is -4.61. The first-order valence-corrected chi connectivity index (χ1v) is 9.66. The largest absolute Gasteiger partial charge is 0.416 e. The normalized spacial score (nSPS) is 12.0. The number of hydrogen-bond acceptors (Lipinski definition) is 4. The van der Waals surface area contributed by atoms with E-state index in [1.54, 1.807) is 6.07 Å². The minimum Gasteiger partial charge on any atom is -0.335 e. The fourth-order valence-electron chi connectivity index (χ4n) is 2.28. The third-order valence-corrected chi connectivity index (χ3v) is 4.98. The van der Waals surface area contributed by atoms with E-state index in [0.29, 0.717) is 0 Å². The van der Waals surface area contributed by atoms with E-state index >= 15 is 0 Å². The third-order valence-electron chi connectivity index (χ3n) is 3.70. The number of carbonyl (C=O) groups is 1. The number of benzene rings is 2. The highest BCUT2D eigenvalue weighted by molar-refractivity contribution is 6.41. The number of carbonyl (C=O) groups excluding carboxylic acids is 1. The maximum absolute atomic E-state index is 13.1. The number of halogens is 7. The Kier molecular flexibility index (Phi) is 7.00. The third kappa shape index (κ3) is 5.62. The van der Waals surface area contributed by atoms with Gasteiger partial charge in [0.25, 0.3) is 0 Å². The molecule has 3 aromatic rings. The second-order valence-corrected chi connectivity index (χ2v) is 7.36. The zero-order chi connectivity index (χ0) is 22.8. The van der Waals surface area contributed by atoms with Crippen LogP contribution in [0.5, 0.6) is 0 Å². The molecule has 13 heteroatoms. The lowest BCUT2D eigenvalue weighted by atomic mass is 10.1. The van der Waals surface area contributed by atoms with Gasteiger partial charge < -0.3 is 15.1 Å². The van der Waals surface area contributed by atoms with Crippen molar-refractivity contribution in [1.82, 2.24) is 9.97 Å². The van der Waals surface area contributed by atoms with E-state index in [1.165, 1.54) is 18.2 Å². The number of aromatic nitrogens is 2. The van der Waals surface area contributed by atoms with E-state index in [4.69, 9.17) is 51.2 Å². The van der Waals surface area contributed by atoms with Gasteiger partial charge in [-0.15, -0.1) is 0 Å². The summed E-state index contributed by atoms with van der Waals surface area (Å²) in [7, 11) is 0. The van der Waals surface area contributed by atoms with Gasteiger partial charge in [-0.05, 0) is 24.3 Å². The molecule has 1 aromatic heterocycles. The average molecular weight is 512 g/mol. The van der Waals surface area contributed by atoms with Gasteiger partial charge in [-0.1, -0.05) is 69.8 Å². The second kappa shape index (κ2) is 9.35. The number of rotatable bonds is 4. The predicted molar refractivity (Wildman–Crippen MR) is 112 cm³/mol. The fourth-order valence-corrected chi connectivity index (χ4v) is 3.04. The van der Waals surface area contributed by atoms with E-state index in [2.05, 4.69) is 20.4 Å². The number of oxime groups is 1. The molecule has 31 heavy (non-hydrogen) atoms. The minimum absolute atomic E-state index is 0.0610. The highest BCUT2D eigenvalue weighted by Crippen LogP contribution is 2.32. The number of para-hydroxylation sites is 1. The number of amidine groups is 1. The lowest BCUT2D eigenvalue weighted by Gasteiger charge is -2.14. The standard InChI is InChI=1S/C18H9Cl4F3N4O2/c19-10-5-2-6-11(20)12(10)26-15(8-3-1-4-9(7-8)18(23,24)25)29-31-17(30)16-27-13(21)14(22)28-16/h1-7H,(H,26,29)(H,27,28). The van der Waals surface area contributed by atoms with Crippen molar-refractivity contribution >= 4 is 63.9 Å². The summed E-state index contributed by atoms with van der Waals surface area (Å²) in [5.41, 5.74) is -0.864. The summed E-state index contributed by atoms with van der Waals surface area (Å²) in [6.07, 6.45) is -4.61. The predicted octanol–water partition coefficient (Wildman–Crippen LogP) is 6.67. The Morgan fingerprint density at radius 1 is 1.06 bits per heavy atom. The fraction of sp³-hybridized carbons (Fsp3) is 0.0556. The van der Waals surface area contributed by atoms with Crippen molar-refractivity contribution in [1.29, 1.82) is 0 Å². The first kappa shape index (κ1) is 23.2. The molecular weight excluding hydrogens is 503 g/mol. The molecule has 0 aliphatic heterocycles. The molecule has 0 amide bonds. The summed E-state index contributed by atoms with van der Waals surface area (Å²) in [4.78, 5) is 23.0. The summed E-state index contributed by atoms with van der Waals surface area (Å²) in [6, 6.07) is 8.74. The quantitative estimate of drug-likeness (QED) is 0.177. The molecule has 0 radical (unpaired) electrons. The first-order valence-electron chi connectivity index (χ1n) is 8.15. The molecule has 162 valence electrons. The van der Waals surface area contributed by atoms with Crippen LogP contribution in [0.2, 0.25) is 20.4 Å². The average Bonchev–Trinajstić information content (AvgIpc) is 3.05. The molecule has 0 atom stereocenters. The topological polar surface area (TPSA) is 79.4 Å². The van der Waals surface area contributed by atoms with Gasteiger partial charge in [-0.3, -0.25) is 0 Å². The monoisotopic (exact) mass is 510 g/mol. The van der Waals surface area contributed by atoms with E-state index in [1.807, 2.05) is 0 Å². The van der Waals surface area contributed by atoms with Crippen LogP contribution in [0.15, 0.2) is 47.6 Å². The number of H-pyrrole nitrogens is 1. The van der Waals surface area contributed by atoms with Crippen LogP contribution in [0.4, 0.5) is 18.9 Å². The van der Waals surface area contributed by atoms with Crippen molar-refractivity contribution in [3.8, 4) is 0 Å². The molecule has 6 nitrogen and oxygen atoms in total. The summed E-state index contributed by atoms with van der Waals surface area (Å²) in [5, 5.41) is 6.37. The highest BCUT2D eigenvalue weighted by atomic mass is 35.5. The molecule has 0 aliphatic rings. The van der Waals surface area contributed by atoms with E-state index in [9.17, 15) is 18.0 Å². The lowest BCUT2D eigenvalue weighted by molar-refractivity contribution is -0.137. The van der Waals surface area contributed by atoms with Gasteiger partial charge in [0.2, 0.25) is 5.82 Å². The van der Waals surface area contributed by atoms with Crippen molar-refractivity contribution in [3.05, 3.63) is 79.8 Å². The van der Waals surface area contributed by atoms with Gasteiger partial charge in [0.15, 0.2) is 11.0 Å². The number of anilines is 1. The number of nitrogens with zero attached hydrogens (tertiary/aromatic N) is 2. The van der Waals surface area contributed by atoms with Gasteiger partial charge in [0, 0.05) is 5.56 Å². The SMILES string of the molecule is O=C(ON=C(Nc1c(Cl)cccc1Cl)c1cccc(C(F)(F)F)c1)c1nc(Cl)c(Cl)[nH]1. The summed E-state index contributed by atoms with van der Waals surface area (Å²) >= 11 is 23.6. The number of imidazole rings is 1. The second-order valence-electron chi connectivity index (χ2n) is 5.81. The van der Waals surface area contributed by atoms with Crippen LogP contribution in [0.1, 0.15) is 21.7 Å². The Morgan fingerprint density at radius 2 is 1.71 bits per heavy atom. The van der Waals surface area contributed by atoms with E-state index < -0.39 is 17.7 Å². The van der Waals surface area contributed by atoms with Crippen molar-refractivity contribution in [2.75, 3.05) is 5.32 Å². The number of alkyl halides is 3. The van der Waals surface area contributed by atoms with Crippen molar-refractivity contribution in [3.63, 3.8) is 0 Å². The molecule has 0 aliphatic carbocycles. The van der Waals surface area contributed by atoms with E-state index in [0.717, 1.165) is 18.2 Å². The molecule has 0 spiro atoms. The van der Waals surface area contributed by atoms with Gasteiger partial charge in [0.05, 0.1) is 21.3 Å². The van der Waals surface area contributed by atoms with Gasteiger partial charge in [-0.25, -0.2) is 9.78 Å². The van der Waals surface area contributed by atoms with Gasteiger partial charge >= 0.3 is 12.1 Å². The lowest BCUT2D eigenvalue weighted by Crippen LogP contribution is -2.17. The van der Waals surface area contributed by atoms with Crippen molar-refractivity contribution in [2.24, 2.45) is 5.16 Å². The van der Waals surface area contributed by atoms with Crippen molar-refractivity contribution < 1.29 is 22.8 Å². The summed E-state index contributed by atoms with van der Waals surface area (Å²) < 4.78 is 39.4. The molecule has 0 saturated heterocycles. The highest BCUT2D eigenvalue weighted by Gasteiger charge is 2.31. The molecular formula is C18H9Cl4F3N4O2. The van der Waals surface area contributed by atoms with Crippen LogP contribution in [0, 0.1) is 0 Å². The molecule has 0 bridgehead atoms. The molecule has 0 saturated carbocycles. The number of hydrogen-bond donors (Lipinski definition) is 2. The number of nitrogens with one attached hydrogen (secondary N) is 2. The van der Waals surface area contributed by atoms with Gasteiger partial charge in [-0.2, -0.15) is 13.2 Å². The van der Waals surface area contributed by atoms with Crippen LogP contribution in [0.25, 0.3) is 0 Å². The number of aromatic amines is 1. The Hall–Kier alpha value is -2.46. The van der Waals surface area contributed by atoms with Crippen LogP contribution < -0.4 is 5.32 Å². The molecule has 0 fully saturated rings. The molecule has 0 unspecified atom stereocenters. The Balaban J connectivity index is 2.00. The molecule has 3 rings (SSSR count). The zero-order valence-electron chi connectivity index (χ0n) is 14.9. The maximum atomic E-state index is 13.1. The van der Waals surface area contributed by atoms with E-state index in [-0.39, 0.29) is 43.3 Å². The van der Waals surface area contributed by atoms with Crippen LogP contribution in [0.3, 0.4) is 0 Å². The van der Waals surface area contributed by atoms with Crippen LogP contribution >= 0.6 is 46.4 Å². The Morgan fingerprint density at radius 3 is 2.29 bits per heavy atom. The Labute approximate surface area is 192 Å². The molecule has 2 N–H and O–H groups in total. The summed E-state index contributed by atoms with van der Waals surface area (Å²) in [5.74, 6) is -1.73. The van der Waals surface area contributed by atoms with Crippen molar-refractivity contribution in [2.45, 2.75) is 6.18 Å². The smallest absolute Gasteiger partial charge is 0.335 e. The maximum Gasteiger partial charge on any atom is 0.416 e. The molecule has 1 heterocycles.